The van der Waals surface area contributed by atoms with Crippen molar-refractivity contribution < 1.29 is 27.4 Å². The molecular weight excluding hydrogens is 552 g/mol. The van der Waals surface area contributed by atoms with Gasteiger partial charge in [0.2, 0.25) is 0 Å². The minimum atomic E-state index is -4.74. The van der Waals surface area contributed by atoms with Gasteiger partial charge < -0.3 is 14.8 Å². The van der Waals surface area contributed by atoms with Gasteiger partial charge in [0.15, 0.2) is 22.8 Å². The van der Waals surface area contributed by atoms with Crippen LogP contribution in [0.5, 0.6) is 11.5 Å². The van der Waals surface area contributed by atoms with E-state index in [1.807, 2.05) is 22.6 Å². The maximum absolute atomic E-state index is 13.9. The van der Waals surface area contributed by atoms with E-state index in [1.54, 1.807) is 36.4 Å². The molecule has 0 atom stereocenters. The predicted octanol–water partition coefficient (Wildman–Crippen LogP) is 5.29. The average molecular weight is 568 g/mol. The minimum Gasteiger partial charge on any atom is -0.493 e. The molecule has 0 saturated heterocycles. The van der Waals surface area contributed by atoms with Crippen molar-refractivity contribution >= 4 is 39.8 Å². The van der Waals surface area contributed by atoms with E-state index in [0.29, 0.717) is 27.3 Å². The summed E-state index contributed by atoms with van der Waals surface area (Å²) >= 11 is 2.05. The lowest BCUT2D eigenvalue weighted by atomic mass is 10.1. The number of benzene rings is 2. The largest absolute Gasteiger partial charge is 0.493 e. The van der Waals surface area contributed by atoms with Gasteiger partial charge in [0.1, 0.15) is 5.56 Å². The second-order valence-corrected chi connectivity index (χ2v) is 7.98. The summed E-state index contributed by atoms with van der Waals surface area (Å²) < 4.78 is 53.4. The van der Waals surface area contributed by atoms with Crippen LogP contribution in [0.25, 0.3) is 16.9 Å². The standard InChI is InChI=1S/C22H16F3IN4O3/c1-32-17-8-7-12(9-18(17)33-2)16-10-19(22(23,24)25)30-20(28-16)13(11-27-30)21(31)29-15-6-4-3-5-14(15)26/h3-11H,1-2H3,(H,29,31). The Morgan fingerprint density at radius 1 is 1.06 bits per heavy atom. The van der Waals surface area contributed by atoms with Gasteiger partial charge in [0.25, 0.3) is 5.91 Å². The van der Waals surface area contributed by atoms with Gasteiger partial charge in [-0.05, 0) is 59.0 Å². The number of alkyl halides is 3. The average Bonchev–Trinajstić information content (AvgIpc) is 3.22. The highest BCUT2D eigenvalue weighted by Crippen LogP contribution is 2.36. The highest BCUT2D eigenvalue weighted by molar-refractivity contribution is 14.1. The maximum Gasteiger partial charge on any atom is 0.433 e. The van der Waals surface area contributed by atoms with Crippen LogP contribution in [0.4, 0.5) is 18.9 Å². The second kappa shape index (κ2) is 8.89. The van der Waals surface area contributed by atoms with Gasteiger partial charge in [-0.15, -0.1) is 0 Å². The van der Waals surface area contributed by atoms with Crippen molar-refractivity contribution in [3.63, 3.8) is 0 Å². The highest BCUT2D eigenvalue weighted by atomic mass is 127. The van der Waals surface area contributed by atoms with Gasteiger partial charge >= 0.3 is 6.18 Å². The molecule has 1 N–H and O–H groups in total. The van der Waals surface area contributed by atoms with Crippen LogP contribution in [0.2, 0.25) is 0 Å². The first-order chi connectivity index (χ1) is 15.7. The van der Waals surface area contributed by atoms with Crippen LogP contribution in [-0.4, -0.2) is 34.7 Å². The fourth-order valence-corrected chi connectivity index (χ4v) is 3.74. The number of methoxy groups -OCH3 is 2. The molecule has 0 aliphatic heterocycles. The molecule has 170 valence electrons. The Hall–Kier alpha value is -3.35. The lowest BCUT2D eigenvalue weighted by Crippen LogP contribution is -2.16. The van der Waals surface area contributed by atoms with Gasteiger partial charge in [-0.2, -0.15) is 18.3 Å². The van der Waals surface area contributed by atoms with E-state index in [9.17, 15) is 18.0 Å². The van der Waals surface area contributed by atoms with Gasteiger partial charge in [-0.25, -0.2) is 9.50 Å². The number of nitrogens with one attached hydrogen (secondary N) is 1. The third kappa shape index (κ3) is 4.45. The summed E-state index contributed by atoms with van der Waals surface area (Å²) in [5.74, 6) is 0.120. The monoisotopic (exact) mass is 568 g/mol. The Labute approximate surface area is 199 Å². The Morgan fingerprint density at radius 2 is 1.79 bits per heavy atom. The molecule has 0 fully saturated rings. The van der Waals surface area contributed by atoms with Crippen LogP contribution in [0, 0.1) is 3.57 Å². The lowest BCUT2D eigenvalue weighted by molar-refractivity contribution is -0.142. The molecule has 4 rings (SSSR count). The summed E-state index contributed by atoms with van der Waals surface area (Å²) in [5, 5.41) is 6.49. The zero-order valence-electron chi connectivity index (χ0n) is 17.3. The Balaban J connectivity index is 1.86. The molecule has 1 amide bonds. The molecule has 2 aromatic carbocycles. The van der Waals surface area contributed by atoms with Crippen LogP contribution >= 0.6 is 22.6 Å². The second-order valence-electron chi connectivity index (χ2n) is 6.82. The van der Waals surface area contributed by atoms with E-state index in [2.05, 4.69) is 15.4 Å². The van der Waals surface area contributed by atoms with Crippen molar-refractivity contribution in [2.45, 2.75) is 6.18 Å². The number of fused-ring (bicyclic) bond motifs is 1. The molecule has 0 spiro atoms. The van der Waals surface area contributed by atoms with Crippen molar-refractivity contribution in [3.8, 4) is 22.8 Å². The van der Waals surface area contributed by atoms with E-state index in [1.165, 1.54) is 20.3 Å². The third-order valence-corrected chi connectivity index (χ3v) is 5.75. The molecule has 0 aliphatic rings. The zero-order chi connectivity index (χ0) is 23.8. The van der Waals surface area contributed by atoms with Gasteiger partial charge in [0.05, 0.1) is 31.8 Å². The van der Waals surface area contributed by atoms with Crippen LogP contribution in [0.1, 0.15) is 16.1 Å². The minimum absolute atomic E-state index is 0.000352. The fraction of sp³-hybridized carbons (Fsp3) is 0.136. The molecule has 11 heteroatoms. The zero-order valence-corrected chi connectivity index (χ0v) is 19.4. The summed E-state index contributed by atoms with van der Waals surface area (Å²) in [7, 11) is 2.87. The first kappa shape index (κ1) is 22.8. The first-order valence-corrected chi connectivity index (χ1v) is 10.5. The fourth-order valence-electron chi connectivity index (χ4n) is 3.22. The smallest absolute Gasteiger partial charge is 0.433 e. The number of nitrogens with zero attached hydrogens (tertiary/aromatic N) is 3. The van der Waals surface area contributed by atoms with Crippen molar-refractivity contribution in [1.29, 1.82) is 0 Å². The molecule has 33 heavy (non-hydrogen) atoms. The molecule has 0 unspecified atom stereocenters. The lowest BCUT2D eigenvalue weighted by Gasteiger charge is -2.13. The SMILES string of the molecule is COc1ccc(-c2cc(C(F)(F)F)n3ncc(C(=O)Nc4ccccc4I)c3n2)cc1OC. The van der Waals surface area contributed by atoms with E-state index in [4.69, 9.17) is 9.47 Å². The van der Waals surface area contributed by atoms with Crippen molar-refractivity contribution in [1.82, 2.24) is 14.6 Å². The van der Waals surface area contributed by atoms with E-state index >= 15 is 0 Å². The number of para-hydroxylation sites is 1. The van der Waals surface area contributed by atoms with Crippen molar-refractivity contribution in [2.75, 3.05) is 19.5 Å². The summed E-state index contributed by atoms with van der Waals surface area (Å²) in [4.78, 5) is 17.2. The molecule has 0 saturated carbocycles. The summed E-state index contributed by atoms with van der Waals surface area (Å²) in [5.41, 5.74) is -0.508. The van der Waals surface area contributed by atoms with Crippen LogP contribution in [-0.2, 0) is 6.18 Å². The number of hydrogen-bond acceptors (Lipinski definition) is 5. The number of ether oxygens (including phenoxy) is 2. The van der Waals surface area contributed by atoms with Gasteiger partial charge in [0, 0.05) is 9.13 Å². The summed E-state index contributed by atoms with van der Waals surface area (Å²) in [6.07, 6.45) is -3.66. The van der Waals surface area contributed by atoms with Gasteiger partial charge in [-0.3, -0.25) is 4.79 Å². The predicted molar refractivity (Wildman–Crippen MR) is 124 cm³/mol. The number of hydrogen-bond donors (Lipinski definition) is 1. The molecule has 0 bridgehead atoms. The quantitative estimate of drug-likeness (QED) is 0.332. The topological polar surface area (TPSA) is 77.8 Å². The summed E-state index contributed by atoms with van der Waals surface area (Å²) in [6, 6.07) is 12.5. The van der Waals surface area contributed by atoms with Gasteiger partial charge in [-0.1, -0.05) is 12.1 Å². The number of anilines is 1. The van der Waals surface area contributed by atoms with Crippen molar-refractivity contribution in [3.05, 3.63) is 69.6 Å². The third-order valence-electron chi connectivity index (χ3n) is 4.81. The molecular formula is C22H16F3IN4O3. The number of amides is 1. The number of rotatable bonds is 5. The summed E-state index contributed by atoms with van der Waals surface area (Å²) in [6.45, 7) is 0. The van der Waals surface area contributed by atoms with E-state index in [0.717, 1.165) is 15.8 Å². The Morgan fingerprint density at radius 3 is 2.45 bits per heavy atom. The Kier molecular flexibility index (Phi) is 6.15. The molecule has 2 heterocycles. The normalized spacial score (nSPS) is 11.5. The highest BCUT2D eigenvalue weighted by Gasteiger charge is 2.36. The maximum atomic E-state index is 13.9. The van der Waals surface area contributed by atoms with Crippen LogP contribution in [0.15, 0.2) is 54.7 Å². The Bertz CT molecular complexity index is 1350. The molecule has 2 aromatic heterocycles. The van der Waals surface area contributed by atoms with Crippen molar-refractivity contribution in [2.24, 2.45) is 0 Å². The number of halogens is 4. The first-order valence-electron chi connectivity index (χ1n) is 9.47. The van der Waals surface area contributed by atoms with Crippen LogP contribution in [0.3, 0.4) is 0 Å². The number of carbonyl (C=O) groups is 1. The van der Waals surface area contributed by atoms with Crippen LogP contribution < -0.4 is 14.8 Å². The number of carbonyl (C=O) groups excluding carboxylic acids is 1. The van der Waals surface area contributed by atoms with E-state index < -0.39 is 17.8 Å². The molecule has 0 radical (unpaired) electrons. The molecule has 0 aliphatic carbocycles. The molecule has 7 nitrogen and oxygen atoms in total. The number of aromatic nitrogens is 3. The molecule has 4 aromatic rings. The van der Waals surface area contributed by atoms with E-state index in [-0.39, 0.29) is 16.9 Å².